The molecule has 0 spiro atoms. The van der Waals surface area contributed by atoms with Gasteiger partial charge in [0.15, 0.2) is 0 Å². The van der Waals surface area contributed by atoms with Crippen molar-refractivity contribution in [1.29, 1.82) is 0 Å². The first-order valence-corrected chi connectivity index (χ1v) is 8.43. The van der Waals surface area contributed by atoms with Crippen LogP contribution >= 0.6 is 11.3 Å². The van der Waals surface area contributed by atoms with Crippen LogP contribution in [0.15, 0.2) is 0 Å². The number of rotatable bonds is 6. The largest absolute Gasteiger partial charge is 0.351 e. The molecule has 0 radical (unpaired) electrons. The number of nitrogens with one attached hydrogen (secondary N) is 2. The molecule has 0 fully saturated rings. The summed E-state index contributed by atoms with van der Waals surface area (Å²) in [5, 5.41) is 11.3. The van der Waals surface area contributed by atoms with Crippen LogP contribution in [-0.4, -0.2) is 21.1 Å². The topological polar surface area (TPSA) is 70.7 Å². The summed E-state index contributed by atoms with van der Waals surface area (Å²) in [6.07, 6.45) is 1.13. The van der Waals surface area contributed by atoms with Crippen LogP contribution in [0.5, 0.6) is 0 Å². The molecule has 0 saturated heterocycles. The third kappa shape index (κ3) is 3.94. The Balaban J connectivity index is 1.84. The maximum absolute atomic E-state index is 12.0. The van der Waals surface area contributed by atoms with E-state index in [0.717, 1.165) is 32.5 Å². The third-order valence-electron chi connectivity index (χ3n) is 3.79. The zero-order valence-electron chi connectivity index (χ0n) is 13.9. The van der Waals surface area contributed by atoms with Crippen LogP contribution in [0.2, 0.25) is 0 Å². The SMILES string of the molecule is Cc1nc(C(C)C)sc1CNC(=O)CCc1n[nH]c(C)c1C. The number of aromatic nitrogens is 3. The highest BCUT2D eigenvalue weighted by Gasteiger charge is 2.12. The van der Waals surface area contributed by atoms with E-state index in [1.807, 2.05) is 20.8 Å². The van der Waals surface area contributed by atoms with Gasteiger partial charge in [0.2, 0.25) is 5.91 Å². The van der Waals surface area contributed by atoms with Crippen molar-refractivity contribution in [3.63, 3.8) is 0 Å². The fourth-order valence-corrected chi connectivity index (χ4v) is 3.15. The van der Waals surface area contributed by atoms with Crippen molar-refractivity contribution in [2.24, 2.45) is 0 Å². The Morgan fingerprint density at radius 1 is 1.32 bits per heavy atom. The first-order chi connectivity index (χ1) is 10.4. The number of hydrogen-bond donors (Lipinski definition) is 2. The minimum Gasteiger partial charge on any atom is -0.351 e. The van der Waals surface area contributed by atoms with E-state index in [0.29, 0.717) is 25.3 Å². The van der Waals surface area contributed by atoms with Gasteiger partial charge in [0.05, 0.1) is 22.9 Å². The lowest BCUT2D eigenvalue weighted by molar-refractivity contribution is -0.121. The van der Waals surface area contributed by atoms with E-state index in [9.17, 15) is 4.79 Å². The second-order valence-corrected chi connectivity index (χ2v) is 7.03. The van der Waals surface area contributed by atoms with Crippen molar-refractivity contribution in [2.75, 3.05) is 0 Å². The molecule has 0 aliphatic rings. The molecule has 22 heavy (non-hydrogen) atoms. The molecule has 6 heteroatoms. The molecule has 0 aromatic carbocycles. The normalized spacial score (nSPS) is 11.2. The maximum atomic E-state index is 12.0. The molecule has 5 nitrogen and oxygen atoms in total. The van der Waals surface area contributed by atoms with Crippen molar-refractivity contribution in [3.05, 3.63) is 32.5 Å². The molecular weight excluding hydrogens is 296 g/mol. The first kappa shape index (κ1) is 16.7. The van der Waals surface area contributed by atoms with E-state index in [1.54, 1.807) is 11.3 Å². The molecule has 2 rings (SSSR count). The number of thiazole rings is 1. The van der Waals surface area contributed by atoms with Crippen LogP contribution in [0.25, 0.3) is 0 Å². The van der Waals surface area contributed by atoms with Crippen molar-refractivity contribution >= 4 is 17.2 Å². The lowest BCUT2D eigenvalue weighted by Crippen LogP contribution is -2.23. The zero-order valence-corrected chi connectivity index (χ0v) is 14.7. The van der Waals surface area contributed by atoms with E-state index >= 15 is 0 Å². The zero-order chi connectivity index (χ0) is 16.3. The molecule has 120 valence electrons. The van der Waals surface area contributed by atoms with Gasteiger partial charge in [-0.05, 0) is 26.3 Å². The Bertz CT molecular complexity index is 657. The minimum atomic E-state index is 0.0546. The summed E-state index contributed by atoms with van der Waals surface area (Å²) >= 11 is 1.69. The number of nitrogens with zero attached hydrogens (tertiary/aromatic N) is 2. The van der Waals surface area contributed by atoms with Gasteiger partial charge in [0.25, 0.3) is 0 Å². The highest BCUT2D eigenvalue weighted by atomic mass is 32.1. The van der Waals surface area contributed by atoms with Crippen molar-refractivity contribution in [3.8, 4) is 0 Å². The summed E-state index contributed by atoms with van der Waals surface area (Å²) in [5.74, 6) is 0.484. The van der Waals surface area contributed by atoms with E-state index in [4.69, 9.17) is 0 Å². The van der Waals surface area contributed by atoms with Gasteiger partial charge in [0.1, 0.15) is 0 Å². The van der Waals surface area contributed by atoms with Crippen LogP contribution < -0.4 is 5.32 Å². The molecule has 0 unspecified atom stereocenters. The number of aromatic amines is 1. The van der Waals surface area contributed by atoms with Gasteiger partial charge in [-0.2, -0.15) is 5.10 Å². The van der Waals surface area contributed by atoms with Gasteiger partial charge >= 0.3 is 0 Å². The van der Waals surface area contributed by atoms with Gasteiger partial charge in [-0.3, -0.25) is 9.89 Å². The Hall–Kier alpha value is -1.69. The van der Waals surface area contributed by atoms with E-state index in [2.05, 4.69) is 34.3 Å². The molecule has 0 atom stereocenters. The molecule has 0 saturated carbocycles. The number of carbonyl (C=O) groups excluding carboxylic acids is 1. The van der Waals surface area contributed by atoms with E-state index < -0.39 is 0 Å². The van der Waals surface area contributed by atoms with Gasteiger partial charge in [-0.25, -0.2) is 4.98 Å². The average Bonchev–Trinajstić information content (AvgIpc) is 2.99. The van der Waals surface area contributed by atoms with Crippen LogP contribution in [0, 0.1) is 20.8 Å². The lowest BCUT2D eigenvalue weighted by atomic mass is 10.1. The Morgan fingerprint density at radius 3 is 2.59 bits per heavy atom. The fourth-order valence-electron chi connectivity index (χ4n) is 2.14. The van der Waals surface area contributed by atoms with Gasteiger partial charge in [0, 0.05) is 29.3 Å². The van der Waals surface area contributed by atoms with Crippen molar-refractivity contribution in [2.45, 2.75) is 59.9 Å². The molecule has 1 amide bonds. The maximum Gasteiger partial charge on any atom is 0.220 e. The first-order valence-electron chi connectivity index (χ1n) is 7.61. The summed E-state index contributed by atoms with van der Waals surface area (Å²) in [6.45, 7) is 10.8. The summed E-state index contributed by atoms with van der Waals surface area (Å²) in [7, 11) is 0. The monoisotopic (exact) mass is 320 g/mol. The van der Waals surface area contributed by atoms with Gasteiger partial charge in [-0.15, -0.1) is 11.3 Å². The van der Waals surface area contributed by atoms with Crippen LogP contribution in [0.4, 0.5) is 0 Å². The molecule has 2 heterocycles. The molecule has 0 aliphatic heterocycles. The highest BCUT2D eigenvalue weighted by Crippen LogP contribution is 2.24. The lowest BCUT2D eigenvalue weighted by Gasteiger charge is -2.04. The average molecular weight is 320 g/mol. The third-order valence-corrected chi connectivity index (χ3v) is 5.25. The molecular formula is C16H24N4OS. The second-order valence-electron chi connectivity index (χ2n) is 5.91. The molecule has 0 bridgehead atoms. The summed E-state index contributed by atoms with van der Waals surface area (Å²) in [4.78, 5) is 17.7. The molecule has 2 aromatic rings. The van der Waals surface area contributed by atoms with Crippen LogP contribution in [0.1, 0.15) is 58.7 Å². The van der Waals surface area contributed by atoms with Crippen LogP contribution in [0.3, 0.4) is 0 Å². The van der Waals surface area contributed by atoms with Crippen molar-refractivity contribution in [1.82, 2.24) is 20.5 Å². The number of aryl methyl sites for hydroxylation is 3. The summed E-state index contributed by atoms with van der Waals surface area (Å²) in [6, 6.07) is 0. The summed E-state index contributed by atoms with van der Waals surface area (Å²) < 4.78 is 0. The van der Waals surface area contributed by atoms with E-state index in [-0.39, 0.29) is 5.91 Å². The number of H-pyrrole nitrogens is 1. The Morgan fingerprint density at radius 2 is 2.05 bits per heavy atom. The Labute approximate surface area is 135 Å². The summed E-state index contributed by atoms with van der Waals surface area (Å²) in [5.41, 5.74) is 4.21. The second kappa shape index (κ2) is 7.05. The van der Waals surface area contributed by atoms with E-state index in [1.165, 1.54) is 0 Å². The minimum absolute atomic E-state index is 0.0546. The van der Waals surface area contributed by atoms with Crippen LogP contribution in [-0.2, 0) is 17.8 Å². The number of amides is 1. The highest BCUT2D eigenvalue weighted by molar-refractivity contribution is 7.11. The quantitative estimate of drug-likeness (QED) is 0.859. The van der Waals surface area contributed by atoms with Crippen molar-refractivity contribution < 1.29 is 4.79 Å². The Kier molecular flexibility index (Phi) is 5.34. The molecule has 0 aliphatic carbocycles. The number of hydrogen-bond acceptors (Lipinski definition) is 4. The van der Waals surface area contributed by atoms with Gasteiger partial charge < -0.3 is 5.32 Å². The standard InChI is InChI=1S/C16H24N4OS/c1-9(2)16-18-12(5)14(22-16)8-17-15(21)7-6-13-10(3)11(4)19-20-13/h9H,6-8H2,1-5H3,(H,17,21)(H,19,20). The predicted octanol–water partition coefficient (Wildman–Crippen LogP) is 3.16. The number of carbonyl (C=O) groups is 1. The smallest absolute Gasteiger partial charge is 0.220 e. The predicted molar refractivity (Wildman–Crippen MR) is 89.2 cm³/mol. The molecule has 2 aromatic heterocycles. The molecule has 2 N–H and O–H groups in total. The fraction of sp³-hybridized carbons (Fsp3) is 0.562. The van der Waals surface area contributed by atoms with Gasteiger partial charge in [-0.1, -0.05) is 13.8 Å².